The first-order chi connectivity index (χ1) is 31.6. The van der Waals surface area contributed by atoms with Gasteiger partial charge in [-0.25, -0.2) is 16.8 Å². The van der Waals surface area contributed by atoms with Crippen LogP contribution in [-0.2, 0) is 20.0 Å². The summed E-state index contributed by atoms with van der Waals surface area (Å²) >= 11 is 0. The molecule has 0 spiro atoms. The van der Waals surface area contributed by atoms with Crippen molar-refractivity contribution in [3.8, 4) is 6.07 Å². The molecule has 0 bridgehead atoms. The SMILES string of the molecule is CCCCC(CC)CN1CC(C#N)=C(C)C(/N=N/c2cc(S(=O)(=O)N(CC(CC)CCCC)CC(CC)CCCC)ccc2S(=O)(=O)N(CC(CC)CCCC)CC(CC)CCCC)=C1O. The lowest BCUT2D eigenvalue weighted by Crippen LogP contribution is -2.39. The van der Waals surface area contributed by atoms with E-state index in [9.17, 15) is 10.4 Å². The second-order valence-electron chi connectivity index (χ2n) is 19.3. The average Bonchev–Trinajstić information content (AvgIpc) is 3.32. The zero-order chi connectivity index (χ0) is 49.3. The Morgan fingerprint density at radius 1 is 0.621 bits per heavy atom. The van der Waals surface area contributed by atoms with E-state index in [0.29, 0.717) is 43.9 Å². The Kier molecular flexibility index (Phi) is 28.2. The van der Waals surface area contributed by atoms with Gasteiger partial charge in [-0.1, -0.05) is 166 Å². The number of allylic oxidation sites excluding steroid dienone is 1. The summed E-state index contributed by atoms with van der Waals surface area (Å²) in [5.74, 6) is 0.820. The van der Waals surface area contributed by atoms with Gasteiger partial charge in [-0.3, -0.25) is 0 Å². The van der Waals surface area contributed by atoms with Crippen LogP contribution in [0.15, 0.2) is 60.9 Å². The molecule has 0 saturated carbocycles. The predicted molar refractivity (Wildman–Crippen MR) is 275 cm³/mol. The first-order valence-corrected chi connectivity index (χ1v) is 29.3. The van der Waals surface area contributed by atoms with Crippen LogP contribution in [0.2, 0.25) is 0 Å². The van der Waals surface area contributed by atoms with Crippen molar-refractivity contribution in [2.24, 2.45) is 39.8 Å². The third-order valence-electron chi connectivity index (χ3n) is 14.3. The highest BCUT2D eigenvalue weighted by Crippen LogP contribution is 2.37. The van der Waals surface area contributed by atoms with Crippen molar-refractivity contribution < 1.29 is 21.9 Å². The molecule has 13 heteroatoms. The van der Waals surface area contributed by atoms with Crippen molar-refractivity contribution in [2.45, 2.75) is 214 Å². The normalized spacial score (nSPS) is 16.4. The van der Waals surface area contributed by atoms with Crippen LogP contribution in [0.3, 0.4) is 0 Å². The second-order valence-corrected chi connectivity index (χ2v) is 23.2. The van der Waals surface area contributed by atoms with Crippen LogP contribution in [0.4, 0.5) is 5.69 Å². The second kappa shape index (κ2) is 31.4. The van der Waals surface area contributed by atoms with Crippen LogP contribution in [0.5, 0.6) is 0 Å². The number of hydrogen-bond acceptors (Lipinski definition) is 9. The fourth-order valence-electron chi connectivity index (χ4n) is 9.17. The van der Waals surface area contributed by atoms with Crippen LogP contribution in [0, 0.1) is 40.9 Å². The number of hydrogen-bond donors (Lipinski definition) is 1. The van der Waals surface area contributed by atoms with Gasteiger partial charge in [-0.2, -0.15) is 13.9 Å². The molecule has 1 heterocycles. The lowest BCUT2D eigenvalue weighted by Gasteiger charge is -2.32. The number of rotatable bonds is 36. The van der Waals surface area contributed by atoms with Gasteiger partial charge in [0.2, 0.25) is 25.9 Å². The van der Waals surface area contributed by atoms with Gasteiger partial charge in [-0.05, 0) is 92.4 Å². The number of nitriles is 1. The molecule has 1 aromatic rings. The van der Waals surface area contributed by atoms with E-state index in [1.807, 2.05) is 0 Å². The maximum atomic E-state index is 15.4. The maximum Gasteiger partial charge on any atom is 0.245 e. The monoisotopic (exact) mass is 959 g/mol. The quantitative estimate of drug-likeness (QED) is 0.0659. The van der Waals surface area contributed by atoms with Crippen LogP contribution in [0.25, 0.3) is 0 Å². The first-order valence-electron chi connectivity index (χ1n) is 26.4. The maximum absolute atomic E-state index is 15.4. The molecule has 0 amide bonds. The minimum Gasteiger partial charge on any atom is -0.493 e. The van der Waals surface area contributed by atoms with E-state index in [1.165, 1.54) is 18.2 Å². The number of sulfonamides is 2. The zero-order valence-electron chi connectivity index (χ0n) is 43.6. The molecule has 1 aliphatic rings. The Hall–Kier alpha value is -2.79. The van der Waals surface area contributed by atoms with Crippen LogP contribution >= 0.6 is 0 Å². The van der Waals surface area contributed by atoms with Gasteiger partial charge in [-0.15, -0.1) is 10.2 Å². The predicted octanol–water partition coefficient (Wildman–Crippen LogP) is 14.7. The van der Waals surface area contributed by atoms with E-state index in [-0.39, 0.29) is 63.2 Å². The van der Waals surface area contributed by atoms with E-state index < -0.39 is 20.0 Å². The molecule has 0 aliphatic carbocycles. The molecule has 11 nitrogen and oxygen atoms in total. The summed E-state index contributed by atoms with van der Waals surface area (Å²) in [6.07, 6.45) is 19.2. The molecule has 1 N–H and O–H groups in total. The minimum atomic E-state index is -4.26. The Balaban J connectivity index is 3.03. The van der Waals surface area contributed by atoms with E-state index >= 15 is 16.8 Å². The Morgan fingerprint density at radius 3 is 1.39 bits per heavy atom. The number of benzene rings is 1. The number of unbranched alkanes of at least 4 members (excludes halogenated alkanes) is 5. The Bertz CT molecular complexity index is 1890. The van der Waals surface area contributed by atoms with Crippen molar-refractivity contribution in [1.29, 1.82) is 5.26 Å². The van der Waals surface area contributed by atoms with E-state index in [2.05, 4.69) is 85.5 Å². The van der Waals surface area contributed by atoms with Gasteiger partial charge in [0, 0.05) is 32.7 Å². The Morgan fingerprint density at radius 2 is 1.02 bits per heavy atom. The summed E-state index contributed by atoms with van der Waals surface area (Å²) < 4.78 is 64.3. The molecule has 0 fully saturated rings. The summed E-state index contributed by atoms with van der Waals surface area (Å²) in [5.41, 5.74) is 0.878. The molecular formula is C53H94N6O5S2. The van der Waals surface area contributed by atoms with Crippen molar-refractivity contribution in [3.63, 3.8) is 0 Å². The largest absolute Gasteiger partial charge is 0.493 e. The van der Waals surface area contributed by atoms with Gasteiger partial charge in [0.25, 0.3) is 0 Å². The molecule has 1 aromatic carbocycles. The average molecular weight is 960 g/mol. The van der Waals surface area contributed by atoms with Crippen LogP contribution in [0.1, 0.15) is 205 Å². The number of nitrogens with zero attached hydrogens (tertiary/aromatic N) is 6. The van der Waals surface area contributed by atoms with E-state index in [1.54, 1.807) is 20.4 Å². The number of aliphatic hydroxyl groups is 1. The summed E-state index contributed by atoms with van der Waals surface area (Å²) in [6.45, 7) is 25.3. The van der Waals surface area contributed by atoms with Gasteiger partial charge >= 0.3 is 0 Å². The first kappa shape index (κ1) is 59.3. The zero-order valence-corrected chi connectivity index (χ0v) is 45.2. The van der Waals surface area contributed by atoms with Crippen molar-refractivity contribution >= 4 is 25.7 Å². The third kappa shape index (κ3) is 17.9. The van der Waals surface area contributed by atoms with E-state index in [4.69, 9.17) is 0 Å². The number of azo groups is 1. The standard InChI is InChI=1S/C53H94N6O5S2/c1-12-22-27-43(17-6)36-57-41-48(35-54)42(11)52(53(57)60)56-55-50-34-49(65(61,62)58(37-44(18-7)28-23-13-2)38-45(19-8)29-24-14-3)32-33-51(50)66(63,64)59(39-46(20-9)30-25-15-4)40-47(21-10)31-26-16-5/h32-34,43-47,60H,12-31,36-41H2,1-11H3/b56-55+. The highest BCUT2D eigenvalue weighted by molar-refractivity contribution is 7.89. The lowest BCUT2D eigenvalue weighted by molar-refractivity contribution is 0.174. The van der Waals surface area contributed by atoms with Gasteiger partial charge in [0.05, 0.1) is 23.1 Å². The van der Waals surface area contributed by atoms with Crippen LogP contribution in [-0.4, -0.2) is 74.7 Å². The van der Waals surface area contributed by atoms with Crippen LogP contribution < -0.4 is 0 Å². The molecular weight excluding hydrogens is 865 g/mol. The summed E-state index contributed by atoms with van der Waals surface area (Å²) in [4.78, 5) is 1.63. The molecule has 378 valence electrons. The van der Waals surface area contributed by atoms with Gasteiger partial charge in [0.15, 0.2) is 0 Å². The number of aliphatic hydroxyl groups excluding tert-OH is 1. The van der Waals surface area contributed by atoms with Gasteiger partial charge in [0.1, 0.15) is 16.3 Å². The van der Waals surface area contributed by atoms with Gasteiger partial charge < -0.3 is 10.0 Å². The van der Waals surface area contributed by atoms with Crippen molar-refractivity contribution in [1.82, 2.24) is 13.5 Å². The molecule has 1 aliphatic heterocycles. The molecule has 2 rings (SSSR count). The molecule has 5 atom stereocenters. The Labute approximate surface area is 405 Å². The molecule has 0 radical (unpaired) electrons. The van der Waals surface area contributed by atoms with Crippen molar-refractivity contribution in [3.05, 3.63) is 40.9 Å². The minimum absolute atomic E-state index is 0.0310. The lowest BCUT2D eigenvalue weighted by atomic mass is 9.97. The fourth-order valence-corrected chi connectivity index (χ4v) is 12.5. The molecule has 5 unspecified atom stereocenters. The van der Waals surface area contributed by atoms with Crippen molar-refractivity contribution in [2.75, 3.05) is 39.3 Å². The fraction of sp³-hybridized carbons (Fsp3) is 0.792. The topological polar surface area (TPSA) is 147 Å². The highest BCUT2D eigenvalue weighted by Gasteiger charge is 2.35. The summed E-state index contributed by atoms with van der Waals surface area (Å²) in [7, 11) is -8.40. The summed E-state index contributed by atoms with van der Waals surface area (Å²) in [5, 5.41) is 31.4. The third-order valence-corrected chi connectivity index (χ3v) is 18.0. The molecule has 0 aromatic heterocycles. The highest BCUT2D eigenvalue weighted by atomic mass is 32.2. The smallest absolute Gasteiger partial charge is 0.245 e. The van der Waals surface area contributed by atoms with E-state index in [0.717, 1.165) is 128 Å². The summed E-state index contributed by atoms with van der Waals surface area (Å²) in [6, 6.07) is 6.57. The molecule has 66 heavy (non-hydrogen) atoms. The molecule has 0 saturated heterocycles.